The monoisotopic (exact) mass is 250 g/mol. The van der Waals surface area contributed by atoms with E-state index < -0.39 is 4.92 Å². The largest absolute Gasteiger partial charge is 0.270 e. The second-order valence-corrected chi connectivity index (χ2v) is 3.80. The van der Waals surface area contributed by atoms with E-state index in [-0.39, 0.29) is 5.69 Å². The minimum Gasteiger partial charge on any atom is -0.258 e. The summed E-state index contributed by atoms with van der Waals surface area (Å²) in [5, 5.41) is 10.6. The predicted octanol–water partition coefficient (Wildman–Crippen LogP) is 3.33. The molecule has 0 fully saturated rings. The topological polar surface area (TPSA) is 55.5 Å². The number of nitrogens with zero attached hydrogens (tertiary/aromatic N) is 2. The third-order valence-corrected chi connectivity index (χ3v) is 2.46. The van der Waals surface area contributed by atoms with Crippen molar-refractivity contribution in [3.05, 3.63) is 69.8 Å². The van der Waals surface area contributed by atoms with Gasteiger partial charge in [-0.2, -0.15) is 0 Å². The van der Waals surface area contributed by atoms with Gasteiger partial charge >= 0.3 is 0 Å². The number of hydrogen-bond acceptors (Lipinski definition) is 3. The quantitative estimate of drug-likeness (QED) is 0.363. The first-order valence-electron chi connectivity index (χ1n) is 5.54. The molecule has 0 heterocycles. The van der Waals surface area contributed by atoms with E-state index >= 15 is 0 Å². The van der Waals surface area contributed by atoms with E-state index in [0.717, 1.165) is 5.56 Å². The molecule has 0 spiro atoms. The van der Waals surface area contributed by atoms with E-state index in [1.807, 2.05) is 18.2 Å². The summed E-state index contributed by atoms with van der Waals surface area (Å²) < 4.78 is 0. The molecule has 0 unspecified atom stereocenters. The number of terminal acetylenes is 1. The third kappa shape index (κ3) is 3.27. The molecule has 4 heteroatoms. The molecular formula is C15H10N2O2. The Kier molecular flexibility index (Phi) is 3.70. The number of nitro groups is 1. The lowest BCUT2D eigenvalue weighted by molar-refractivity contribution is -0.384. The standard InChI is InChI=1S/C15H10N2O2/c1-2-12-5-3-7-14(9-12)16-11-13-6-4-8-15(10-13)17(18)19/h1,3-11H/b16-11+. The van der Waals surface area contributed by atoms with Crippen molar-refractivity contribution in [2.45, 2.75) is 0 Å². The fourth-order valence-corrected chi connectivity index (χ4v) is 1.54. The summed E-state index contributed by atoms with van der Waals surface area (Å²) in [4.78, 5) is 14.5. The zero-order chi connectivity index (χ0) is 13.7. The lowest BCUT2D eigenvalue weighted by Crippen LogP contribution is -1.89. The van der Waals surface area contributed by atoms with E-state index in [0.29, 0.717) is 11.3 Å². The predicted molar refractivity (Wildman–Crippen MR) is 74.7 cm³/mol. The van der Waals surface area contributed by atoms with Crippen molar-refractivity contribution in [3.63, 3.8) is 0 Å². The average molecular weight is 250 g/mol. The lowest BCUT2D eigenvalue weighted by Gasteiger charge is -1.96. The Labute approximate surface area is 110 Å². The first-order chi connectivity index (χ1) is 9.19. The highest BCUT2D eigenvalue weighted by Crippen LogP contribution is 2.15. The Balaban J connectivity index is 2.25. The molecule has 0 aliphatic rings. The van der Waals surface area contributed by atoms with Crippen LogP contribution in [0.5, 0.6) is 0 Å². The minimum atomic E-state index is -0.434. The van der Waals surface area contributed by atoms with Crippen molar-refractivity contribution < 1.29 is 4.92 Å². The van der Waals surface area contributed by atoms with Gasteiger partial charge in [0.1, 0.15) is 0 Å². The van der Waals surface area contributed by atoms with Crippen LogP contribution in [-0.4, -0.2) is 11.1 Å². The molecule has 0 saturated heterocycles. The van der Waals surface area contributed by atoms with Crippen LogP contribution in [0.4, 0.5) is 11.4 Å². The van der Waals surface area contributed by atoms with Crippen LogP contribution in [0.2, 0.25) is 0 Å². The van der Waals surface area contributed by atoms with Gasteiger partial charge in [-0.05, 0) is 23.8 Å². The maximum absolute atomic E-state index is 10.6. The van der Waals surface area contributed by atoms with Crippen LogP contribution < -0.4 is 0 Å². The highest BCUT2D eigenvalue weighted by atomic mass is 16.6. The Hall–Kier alpha value is -2.93. The molecule has 2 aromatic rings. The summed E-state index contributed by atoms with van der Waals surface area (Å²) in [6.07, 6.45) is 6.87. The molecule has 4 nitrogen and oxygen atoms in total. The van der Waals surface area contributed by atoms with Crippen LogP contribution in [0.3, 0.4) is 0 Å². The molecular weight excluding hydrogens is 240 g/mol. The second-order valence-electron chi connectivity index (χ2n) is 3.80. The number of nitro benzene ring substituents is 1. The van der Waals surface area contributed by atoms with Crippen molar-refractivity contribution in [2.75, 3.05) is 0 Å². The molecule has 0 aliphatic carbocycles. The van der Waals surface area contributed by atoms with Gasteiger partial charge in [0.25, 0.3) is 5.69 Å². The maximum Gasteiger partial charge on any atom is 0.270 e. The van der Waals surface area contributed by atoms with Crippen molar-refractivity contribution in [1.82, 2.24) is 0 Å². The van der Waals surface area contributed by atoms with E-state index in [1.165, 1.54) is 12.1 Å². The van der Waals surface area contributed by atoms with Gasteiger partial charge in [0.2, 0.25) is 0 Å². The first kappa shape index (κ1) is 12.5. The van der Waals surface area contributed by atoms with Crippen molar-refractivity contribution in [3.8, 4) is 12.3 Å². The molecule has 0 aromatic heterocycles. The highest BCUT2D eigenvalue weighted by Gasteiger charge is 2.03. The van der Waals surface area contributed by atoms with Gasteiger partial charge in [0, 0.05) is 23.9 Å². The number of rotatable bonds is 3. The van der Waals surface area contributed by atoms with Gasteiger partial charge in [-0.3, -0.25) is 15.1 Å². The van der Waals surface area contributed by atoms with Crippen molar-refractivity contribution >= 4 is 17.6 Å². The zero-order valence-electron chi connectivity index (χ0n) is 9.98. The summed E-state index contributed by atoms with van der Waals surface area (Å²) in [7, 11) is 0. The number of benzene rings is 2. The summed E-state index contributed by atoms with van der Waals surface area (Å²) in [6.45, 7) is 0. The molecule has 0 saturated carbocycles. The summed E-state index contributed by atoms with van der Waals surface area (Å²) >= 11 is 0. The molecule has 0 N–H and O–H groups in total. The van der Waals surface area contributed by atoms with Gasteiger partial charge in [-0.25, -0.2) is 0 Å². The van der Waals surface area contributed by atoms with E-state index in [4.69, 9.17) is 6.42 Å². The molecule has 2 rings (SSSR count). The van der Waals surface area contributed by atoms with Gasteiger partial charge in [0.05, 0.1) is 10.6 Å². The molecule has 0 amide bonds. The third-order valence-electron chi connectivity index (χ3n) is 2.46. The van der Waals surface area contributed by atoms with Gasteiger partial charge < -0.3 is 0 Å². The van der Waals surface area contributed by atoms with E-state index in [2.05, 4.69) is 10.9 Å². The van der Waals surface area contributed by atoms with Crippen LogP contribution in [-0.2, 0) is 0 Å². The maximum atomic E-state index is 10.6. The van der Waals surface area contributed by atoms with E-state index in [1.54, 1.807) is 24.4 Å². The number of aliphatic imine (C=N–C) groups is 1. The summed E-state index contributed by atoms with van der Waals surface area (Å²) in [5.41, 5.74) is 2.16. The fraction of sp³-hybridized carbons (Fsp3) is 0. The summed E-state index contributed by atoms with van der Waals surface area (Å²) in [6, 6.07) is 13.5. The zero-order valence-corrected chi connectivity index (χ0v) is 9.98. The normalized spacial score (nSPS) is 10.3. The second kappa shape index (κ2) is 5.61. The fourth-order valence-electron chi connectivity index (χ4n) is 1.54. The van der Waals surface area contributed by atoms with Crippen LogP contribution in [0.1, 0.15) is 11.1 Å². The molecule has 19 heavy (non-hydrogen) atoms. The molecule has 0 atom stereocenters. The summed E-state index contributed by atoms with van der Waals surface area (Å²) in [5.74, 6) is 2.53. The van der Waals surface area contributed by atoms with E-state index in [9.17, 15) is 10.1 Å². The van der Waals surface area contributed by atoms with Gasteiger partial charge in [0.15, 0.2) is 0 Å². The molecule has 92 valence electrons. The lowest BCUT2D eigenvalue weighted by atomic mass is 10.2. The minimum absolute atomic E-state index is 0.0429. The average Bonchev–Trinajstić information content (AvgIpc) is 2.45. The Morgan fingerprint density at radius 3 is 2.74 bits per heavy atom. The van der Waals surface area contributed by atoms with Crippen LogP contribution in [0.25, 0.3) is 0 Å². The SMILES string of the molecule is C#Cc1cccc(/N=C/c2cccc([N+](=O)[O-])c2)c1. The van der Waals surface area contributed by atoms with Crippen molar-refractivity contribution in [1.29, 1.82) is 0 Å². The van der Waals surface area contributed by atoms with Crippen molar-refractivity contribution in [2.24, 2.45) is 4.99 Å². The first-order valence-corrected chi connectivity index (χ1v) is 5.54. The molecule has 2 aromatic carbocycles. The smallest absolute Gasteiger partial charge is 0.258 e. The highest BCUT2D eigenvalue weighted by molar-refractivity contribution is 5.82. The number of non-ortho nitro benzene ring substituents is 1. The Morgan fingerprint density at radius 2 is 2.00 bits per heavy atom. The Bertz CT molecular complexity index is 685. The molecule has 0 radical (unpaired) electrons. The Morgan fingerprint density at radius 1 is 1.21 bits per heavy atom. The number of hydrogen-bond donors (Lipinski definition) is 0. The molecule has 0 bridgehead atoms. The van der Waals surface area contributed by atoms with Crippen LogP contribution in [0, 0.1) is 22.5 Å². The van der Waals surface area contributed by atoms with Crippen LogP contribution in [0.15, 0.2) is 53.5 Å². The molecule has 0 aliphatic heterocycles. The van der Waals surface area contributed by atoms with Gasteiger partial charge in [-0.1, -0.05) is 24.1 Å². The van der Waals surface area contributed by atoms with Gasteiger partial charge in [-0.15, -0.1) is 6.42 Å². The van der Waals surface area contributed by atoms with Crippen LogP contribution >= 0.6 is 0 Å².